The average Bonchev–Trinajstić information content (AvgIpc) is 2.29. The van der Waals surface area contributed by atoms with Crippen molar-refractivity contribution in [1.82, 2.24) is 5.32 Å². The number of alkyl halides is 2. The van der Waals surface area contributed by atoms with Gasteiger partial charge in [-0.2, -0.15) is 0 Å². The summed E-state index contributed by atoms with van der Waals surface area (Å²) >= 11 is 0. The van der Waals surface area contributed by atoms with Crippen LogP contribution in [0.5, 0.6) is 5.75 Å². The Hall–Kier alpha value is -1.20. The minimum Gasteiger partial charge on any atom is -0.508 e. The van der Waals surface area contributed by atoms with Crippen LogP contribution in [0.4, 0.5) is 8.78 Å². The zero-order valence-electron chi connectivity index (χ0n) is 9.70. The molecule has 96 valence electrons. The first-order valence-corrected chi connectivity index (χ1v) is 5.48. The van der Waals surface area contributed by atoms with Crippen molar-refractivity contribution in [3.8, 4) is 5.75 Å². The third-order valence-electron chi connectivity index (χ3n) is 2.33. The van der Waals surface area contributed by atoms with Gasteiger partial charge in [0.05, 0.1) is 6.61 Å². The van der Waals surface area contributed by atoms with Gasteiger partial charge in [0.2, 0.25) is 0 Å². The Labute approximate surface area is 99.4 Å². The number of halogens is 2. The van der Waals surface area contributed by atoms with Crippen LogP contribution in [-0.4, -0.2) is 31.3 Å². The van der Waals surface area contributed by atoms with Gasteiger partial charge in [0.25, 0.3) is 6.43 Å². The molecule has 1 atom stereocenters. The number of nitrogens with one attached hydrogen (secondary N) is 1. The molecule has 1 aromatic rings. The topological polar surface area (TPSA) is 41.5 Å². The third-order valence-corrected chi connectivity index (χ3v) is 2.33. The molecule has 0 saturated carbocycles. The van der Waals surface area contributed by atoms with Crippen molar-refractivity contribution in [2.24, 2.45) is 0 Å². The summed E-state index contributed by atoms with van der Waals surface area (Å²) in [6.45, 7) is 2.20. The largest absolute Gasteiger partial charge is 0.508 e. The van der Waals surface area contributed by atoms with E-state index in [9.17, 15) is 8.78 Å². The van der Waals surface area contributed by atoms with Crippen LogP contribution in [0, 0.1) is 0 Å². The van der Waals surface area contributed by atoms with Crippen molar-refractivity contribution in [2.75, 3.05) is 19.8 Å². The Balaban J connectivity index is 2.21. The molecule has 17 heavy (non-hydrogen) atoms. The number of hydrogen-bond acceptors (Lipinski definition) is 3. The van der Waals surface area contributed by atoms with E-state index in [4.69, 9.17) is 9.84 Å². The lowest BCUT2D eigenvalue weighted by atomic mass is 10.1. The van der Waals surface area contributed by atoms with Gasteiger partial charge in [-0.1, -0.05) is 12.1 Å². The minimum atomic E-state index is -2.41. The summed E-state index contributed by atoms with van der Waals surface area (Å²) in [4.78, 5) is 0. The molecular formula is C12H17F2NO2. The second-order valence-corrected chi connectivity index (χ2v) is 3.73. The summed E-state index contributed by atoms with van der Waals surface area (Å²) in [7, 11) is 0. The van der Waals surface area contributed by atoms with E-state index in [0.717, 1.165) is 5.56 Å². The summed E-state index contributed by atoms with van der Waals surface area (Å²) in [6, 6.07) is 6.94. The first-order valence-electron chi connectivity index (χ1n) is 5.48. The predicted octanol–water partition coefficient (Wildman–Crippen LogP) is 2.32. The SMILES string of the molecule is CC(NCCOCC(F)F)c1ccc(O)cc1. The molecule has 0 spiro atoms. The molecule has 1 rings (SSSR count). The average molecular weight is 245 g/mol. The van der Waals surface area contributed by atoms with Crippen LogP contribution in [-0.2, 0) is 4.74 Å². The third kappa shape index (κ3) is 5.60. The molecule has 0 aliphatic rings. The van der Waals surface area contributed by atoms with Crippen molar-refractivity contribution in [3.63, 3.8) is 0 Å². The van der Waals surface area contributed by atoms with Crippen LogP contribution in [0.2, 0.25) is 0 Å². The molecule has 0 aliphatic heterocycles. The van der Waals surface area contributed by atoms with Gasteiger partial charge in [-0.3, -0.25) is 0 Å². The molecule has 0 fully saturated rings. The first-order chi connectivity index (χ1) is 8.09. The molecular weight excluding hydrogens is 228 g/mol. The summed E-state index contributed by atoms with van der Waals surface area (Å²) in [5, 5.41) is 12.3. The molecule has 1 unspecified atom stereocenters. The number of benzene rings is 1. The number of rotatable bonds is 7. The van der Waals surface area contributed by atoms with Crippen LogP contribution in [0.3, 0.4) is 0 Å². The Kier molecular flexibility index (Phi) is 5.86. The quantitative estimate of drug-likeness (QED) is 0.724. The summed E-state index contributed by atoms with van der Waals surface area (Å²) in [6.07, 6.45) is -2.41. The fraction of sp³-hybridized carbons (Fsp3) is 0.500. The highest BCUT2D eigenvalue weighted by atomic mass is 19.3. The first kappa shape index (κ1) is 13.9. The Bertz CT molecular complexity index is 317. The lowest BCUT2D eigenvalue weighted by molar-refractivity contribution is 0.0183. The van der Waals surface area contributed by atoms with Gasteiger partial charge in [-0.25, -0.2) is 8.78 Å². The van der Waals surface area contributed by atoms with E-state index in [2.05, 4.69) is 5.32 Å². The van der Waals surface area contributed by atoms with E-state index >= 15 is 0 Å². The fourth-order valence-corrected chi connectivity index (χ4v) is 1.40. The highest BCUT2D eigenvalue weighted by molar-refractivity contribution is 5.27. The lowest BCUT2D eigenvalue weighted by Crippen LogP contribution is -2.24. The van der Waals surface area contributed by atoms with Gasteiger partial charge in [-0.15, -0.1) is 0 Å². The summed E-state index contributed by atoms with van der Waals surface area (Å²) in [5.74, 6) is 0.223. The maximum Gasteiger partial charge on any atom is 0.261 e. The zero-order valence-corrected chi connectivity index (χ0v) is 9.70. The standard InChI is InChI=1S/C12H17F2NO2/c1-9(10-2-4-11(16)5-3-10)15-6-7-17-8-12(13)14/h2-5,9,12,15-16H,6-8H2,1H3. The van der Waals surface area contributed by atoms with E-state index < -0.39 is 13.0 Å². The highest BCUT2D eigenvalue weighted by Crippen LogP contribution is 2.15. The minimum absolute atomic E-state index is 0.0887. The van der Waals surface area contributed by atoms with Crippen molar-refractivity contribution < 1.29 is 18.6 Å². The molecule has 5 heteroatoms. The van der Waals surface area contributed by atoms with E-state index in [0.29, 0.717) is 6.54 Å². The molecule has 0 bridgehead atoms. The number of hydrogen-bond donors (Lipinski definition) is 2. The molecule has 0 radical (unpaired) electrons. The molecule has 2 N–H and O–H groups in total. The van der Waals surface area contributed by atoms with E-state index in [1.54, 1.807) is 12.1 Å². The highest BCUT2D eigenvalue weighted by Gasteiger charge is 2.05. The Morgan fingerprint density at radius 3 is 2.53 bits per heavy atom. The van der Waals surface area contributed by atoms with Crippen LogP contribution in [0.25, 0.3) is 0 Å². The molecule has 0 aromatic heterocycles. The van der Waals surface area contributed by atoms with E-state index in [-0.39, 0.29) is 18.4 Å². The maximum atomic E-state index is 11.8. The van der Waals surface area contributed by atoms with Gasteiger partial charge in [-0.05, 0) is 24.6 Å². The molecule has 0 heterocycles. The second kappa shape index (κ2) is 7.19. The lowest BCUT2D eigenvalue weighted by Gasteiger charge is -2.14. The van der Waals surface area contributed by atoms with Gasteiger partial charge < -0.3 is 15.2 Å². The van der Waals surface area contributed by atoms with E-state index in [1.165, 1.54) is 0 Å². The van der Waals surface area contributed by atoms with Crippen LogP contribution >= 0.6 is 0 Å². The van der Waals surface area contributed by atoms with Crippen molar-refractivity contribution in [3.05, 3.63) is 29.8 Å². The normalized spacial score (nSPS) is 12.9. The number of phenolic OH excluding ortho intramolecular Hbond substituents is 1. The van der Waals surface area contributed by atoms with Gasteiger partial charge in [0, 0.05) is 12.6 Å². The van der Waals surface area contributed by atoms with Crippen molar-refractivity contribution >= 4 is 0 Å². The summed E-state index contributed by atoms with van der Waals surface area (Å²) in [5.41, 5.74) is 1.02. The van der Waals surface area contributed by atoms with Crippen LogP contribution in [0.1, 0.15) is 18.5 Å². The van der Waals surface area contributed by atoms with Gasteiger partial charge >= 0.3 is 0 Å². The smallest absolute Gasteiger partial charge is 0.261 e. The molecule has 0 amide bonds. The predicted molar refractivity (Wildman–Crippen MR) is 61.3 cm³/mol. The maximum absolute atomic E-state index is 11.8. The molecule has 1 aromatic carbocycles. The Morgan fingerprint density at radius 1 is 1.29 bits per heavy atom. The summed E-state index contributed by atoms with van der Waals surface area (Å²) < 4.78 is 28.3. The monoisotopic (exact) mass is 245 g/mol. The van der Waals surface area contributed by atoms with Crippen LogP contribution < -0.4 is 5.32 Å². The molecule has 0 saturated heterocycles. The number of phenols is 1. The molecule has 3 nitrogen and oxygen atoms in total. The number of ether oxygens (including phenoxy) is 1. The second-order valence-electron chi connectivity index (χ2n) is 3.73. The molecule has 0 aliphatic carbocycles. The van der Waals surface area contributed by atoms with E-state index in [1.807, 2.05) is 19.1 Å². The van der Waals surface area contributed by atoms with Gasteiger partial charge in [0.15, 0.2) is 0 Å². The van der Waals surface area contributed by atoms with Gasteiger partial charge in [0.1, 0.15) is 12.4 Å². The van der Waals surface area contributed by atoms with Crippen molar-refractivity contribution in [2.45, 2.75) is 19.4 Å². The van der Waals surface area contributed by atoms with Crippen molar-refractivity contribution in [1.29, 1.82) is 0 Å². The zero-order chi connectivity index (χ0) is 12.7. The Morgan fingerprint density at radius 2 is 1.94 bits per heavy atom. The fourth-order valence-electron chi connectivity index (χ4n) is 1.40. The number of aromatic hydroxyl groups is 1. The van der Waals surface area contributed by atoms with Crippen LogP contribution in [0.15, 0.2) is 24.3 Å².